The van der Waals surface area contributed by atoms with Crippen LogP contribution in [0, 0.1) is 0 Å². The Morgan fingerprint density at radius 1 is 1.29 bits per heavy atom. The highest BCUT2D eigenvalue weighted by Gasteiger charge is 2.30. The Hall–Kier alpha value is -1.79. The lowest BCUT2D eigenvalue weighted by Gasteiger charge is -2.35. The molecule has 1 aliphatic rings. The molecule has 0 bridgehead atoms. The van der Waals surface area contributed by atoms with E-state index in [2.05, 4.69) is 17.1 Å². The van der Waals surface area contributed by atoms with Crippen molar-refractivity contribution in [2.75, 3.05) is 54.0 Å². The zero-order valence-corrected chi connectivity index (χ0v) is 15.2. The van der Waals surface area contributed by atoms with Crippen LogP contribution < -0.4 is 14.8 Å². The first kappa shape index (κ1) is 18.5. The summed E-state index contributed by atoms with van der Waals surface area (Å²) in [7, 11) is 5.23. The number of hydrogen-bond acceptors (Lipinski definition) is 5. The van der Waals surface area contributed by atoms with Gasteiger partial charge in [-0.15, -0.1) is 0 Å². The summed E-state index contributed by atoms with van der Waals surface area (Å²) in [6.07, 6.45) is 0.922. The molecule has 0 aromatic heterocycles. The van der Waals surface area contributed by atoms with E-state index in [1.807, 2.05) is 18.2 Å². The molecule has 1 aliphatic heterocycles. The number of carbonyl (C=O) groups excluding carboxylic acids is 1. The van der Waals surface area contributed by atoms with Gasteiger partial charge in [-0.2, -0.15) is 0 Å². The molecule has 2 rings (SSSR count). The van der Waals surface area contributed by atoms with Gasteiger partial charge in [-0.3, -0.25) is 9.69 Å². The largest absolute Gasteiger partial charge is 0.493 e. The first-order valence-corrected chi connectivity index (χ1v) is 8.55. The molecule has 0 spiro atoms. The molecule has 0 radical (unpaired) electrons. The topological polar surface area (TPSA) is 54.0 Å². The van der Waals surface area contributed by atoms with Crippen LogP contribution in [0.4, 0.5) is 0 Å². The number of ether oxygens (including phenoxy) is 2. The van der Waals surface area contributed by atoms with Crippen LogP contribution in [-0.2, 0) is 4.79 Å². The molecule has 134 valence electrons. The maximum Gasteiger partial charge on any atom is 0.244 e. The summed E-state index contributed by atoms with van der Waals surface area (Å²) in [4.78, 5) is 16.7. The number of carbonyl (C=O) groups is 1. The lowest BCUT2D eigenvalue weighted by atomic mass is 10.0. The lowest BCUT2D eigenvalue weighted by Crippen LogP contribution is -2.49. The zero-order valence-electron chi connectivity index (χ0n) is 15.2. The normalized spacial score (nSPS) is 16.5. The van der Waals surface area contributed by atoms with Crippen LogP contribution in [-0.4, -0.2) is 69.7 Å². The van der Waals surface area contributed by atoms with Gasteiger partial charge in [-0.05, 0) is 24.1 Å². The van der Waals surface area contributed by atoms with E-state index < -0.39 is 0 Å². The van der Waals surface area contributed by atoms with E-state index in [1.54, 1.807) is 26.1 Å². The Kier molecular flexibility index (Phi) is 6.87. The van der Waals surface area contributed by atoms with Gasteiger partial charge in [0.1, 0.15) is 6.04 Å². The summed E-state index contributed by atoms with van der Waals surface area (Å²) < 4.78 is 11.2. The number of benzene rings is 1. The van der Waals surface area contributed by atoms with Crippen LogP contribution in [0.5, 0.6) is 11.5 Å². The van der Waals surface area contributed by atoms with Crippen molar-refractivity contribution in [2.24, 2.45) is 0 Å². The molecule has 1 aromatic rings. The van der Waals surface area contributed by atoms with E-state index in [-0.39, 0.29) is 11.9 Å². The molecule has 1 N–H and O–H groups in total. The zero-order chi connectivity index (χ0) is 17.5. The van der Waals surface area contributed by atoms with Gasteiger partial charge < -0.3 is 19.7 Å². The Balaban J connectivity index is 2.35. The van der Waals surface area contributed by atoms with Crippen molar-refractivity contribution in [1.82, 2.24) is 15.1 Å². The van der Waals surface area contributed by atoms with Crippen molar-refractivity contribution in [3.05, 3.63) is 23.8 Å². The van der Waals surface area contributed by atoms with Crippen LogP contribution in [0.2, 0.25) is 0 Å². The minimum Gasteiger partial charge on any atom is -0.493 e. The molecule has 1 amide bonds. The minimum absolute atomic E-state index is 0.0866. The second kappa shape index (κ2) is 8.89. The van der Waals surface area contributed by atoms with Gasteiger partial charge in [0.05, 0.1) is 13.7 Å². The molecule has 6 heteroatoms. The number of likely N-dealkylation sites (N-methyl/N-ethyl adjacent to an activating group) is 1. The average molecular weight is 335 g/mol. The van der Waals surface area contributed by atoms with Crippen LogP contribution >= 0.6 is 0 Å². The Morgan fingerprint density at radius 3 is 2.58 bits per heavy atom. The van der Waals surface area contributed by atoms with Crippen LogP contribution in [0.15, 0.2) is 18.2 Å². The van der Waals surface area contributed by atoms with E-state index in [0.29, 0.717) is 18.1 Å². The summed E-state index contributed by atoms with van der Waals surface area (Å²) in [5.41, 5.74) is 0.947. The van der Waals surface area contributed by atoms with E-state index in [0.717, 1.165) is 38.2 Å². The minimum atomic E-state index is -0.294. The first-order chi connectivity index (χ1) is 11.6. The SMILES string of the molecule is CCCOc1cc(C(C(=O)N(C)C)N2CCNCC2)ccc1OC. The summed E-state index contributed by atoms with van der Waals surface area (Å²) in [6.45, 7) is 6.18. The highest BCUT2D eigenvalue weighted by atomic mass is 16.5. The summed E-state index contributed by atoms with van der Waals surface area (Å²) in [6, 6.07) is 5.50. The van der Waals surface area contributed by atoms with Crippen molar-refractivity contribution < 1.29 is 14.3 Å². The monoisotopic (exact) mass is 335 g/mol. The summed E-state index contributed by atoms with van der Waals surface area (Å²) in [5.74, 6) is 1.48. The van der Waals surface area contributed by atoms with Gasteiger partial charge >= 0.3 is 0 Å². The first-order valence-electron chi connectivity index (χ1n) is 8.55. The van der Waals surface area contributed by atoms with E-state index >= 15 is 0 Å². The Morgan fingerprint density at radius 2 is 2.00 bits per heavy atom. The van der Waals surface area contributed by atoms with E-state index in [1.165, 1.54) is 0 Å². The molecule has 0 aliphatic carbocycles. The van der Waals surface area contributed by atoms with Crippen LogP contribution in [0.25, 0.3) is 0 Å². The molecule has 1 fully saturated rings. The second-order valence-electron chi connectivity index (χ2n) is 6.18. The standard InChI is InChI=1S/C18H29N3O3/c1-5-12-24-16-13-14(6-7-15(16)23-4)17(18(22)20(2)3)21-10-8-19-9-11-21/h6-7,13,17,19H,5,8-12H2,1-4H3. The van der Waals surface area contributed by atoms with Gasteiger partial charge in [0, 0.05) is 40.3 Å². The molecule has 0 saturated carbocycles. The second-order valence-corrected chi connectivity index (χ2v) is 6.18. The fourth-order valence-electron chi connectivity index (χ4n) is 2.88. The molecule has 1 unspecified atom stereocenters. The Bertz CT molecular complexity index is 542. The highest BCUT2D eigenvalue weighted by molar-refractivity contribution is 5.83. The maximum atomic E-state index is 12.8. The number of methoxy groups -OCH3 is 1. The predicted octanol–water partition coefficient (Wildman–Crippen LogP) is 1.52. The van der Waals surface area contributed by atoms with Crippen LogP contribution in [0.1, 0.15) is 24.9 Å². The lowest BCUT2D eigenvalue weighted by molar-refractivity contribution is -0.135. The number of nitrogens with zero attached hydrogens (tertiary/aromatic N) is 2. The van der Waals surface area contributed by atoms with Crippen LogP contribution in [0.3, 0.4) is 0 Å². The van der Waals surface area contributed by atoms with Gasteiger partial charge in [0.2, 0.25) is 5.91 Å². The fourth-order valence-corrected chi connectivity index (χ4v) is 2.88. The number of piperazine rings is 1. The average Bonchev–Trinajstić information content (AvgIpc) is 2.61. The number of amides is 1. The van der Waals surface area contributed by atoms with E-state index in [9.17, 15) is 4.79 Å². The molecular weight excluding hydrogens is 306 g/mol. The van der Waals surface area contributed by atoms with Crippen molar-refractivity contribution in [3.8, 4) is 11.5 Å². The smallest absolute Gasteiger partial charge is 0.244 e. The van der Waals surface area contributed by atoms with Gasteiger partial charge in [0.15, 0.2) is 11.5 Å². The third-order valence-electron chi connectivity index (χ3n) is 4.16. The number of nitrogens with one attached hydrogen (secondary N) is 1. The van der Waals surface area contributed by atoms with Crippen molar-refractivity contribution in [1.29, 1.82) is 0 Å². The summed E-state index contributed by atoms with van der Waals surface area (Å²) >= 11 is 0. The summed E-state index contributed by atoms with van der Waals surface area (Å²) in [5, 5.41) is 3.34. The van der Waals surface area contributed by atoms with Crippen molar-refractivity contribution in [3.63, 3.8) is 0 Å². The quantitative estimate of drug-likeness (QED) is 0.819. The molecule has 1 saturated heterocycles. The molecule has 24 heavy (non-hydrogen) atoms. The van der Waals surface area contributed by atoms with Crippen molar-refractivity contribution >= 4 is 5.91 Å². The molecule has 1 heterocycles. The third kappa shape index (κ3) is 4.39. The maximum absolute atomic E-state index is 12.8. The predicted molar refractivity (Wildman–Crippen MR) is 94.7 cm³/mol. The van der Waals surface area contributed by atoms with Gasteiger partial charge in [0.25, 0.3) is 0 Å². The molecular formula is C18H29N3O3. The van der Waals surface area contributed by atoms with Gasteiger partial charge in [-0.25, -0.2) is 0 Å². The Labute approximate surface area is 144 Å². The molecule has 1 aromatic carbocycles. The van der Waals surface area contributed by atoms with Gasteiger partial charge in [-0.1, -0.05) is 13.0 Å². The van der Waals surface area contributed by atoms with Crippen molar-refractivity contribution in [2.45, 2.75) is 19.4 Å². The number of hydrogen-bond donors (Lipinski definition) is 1. The number of rotatable bonds is 7. The molecule has 6 nitrogen and oxygen atoms in total. The fraction of sp³-hybridized carbons (Fsp3) is 0.611. The highest BCUT2D eigenvalue weighted by Crippen LogP contribution is 2.33. The molecule has 1 atom stereocenters. The third-order valence-corrected chi connectivity index (χ3v) is 4.16. The van der Waals surface area contributed by atoms with E-state index in [4.69, 9.17) is 9.47 Å².